The predicted molar refractivity (Wildman–Crippen MR) is 73.0 cm³/mol. The predicted octanol–water partition coefficient (Wildman–Crippen LogP) is 2.96. The number of benzene rings is 1. The number of nitrogens with one attached hydrogen (secondary N) is 1. The fraction of sp³-hybridized carbons (Fsp3) is 0.600. The van der Waals surface area contributed by atoms with Crippen molar-refractivity contribution in [2.45, 2.75) is 25.8 Å². The Hall–Kier alpha value is -1.00. The van der Waals surface area contributed by atoms with Gasteiger partial charge in [-0.1, -0.05) is 13.0 Å². The standard InChI is InChI=1S/C15H22F2N2/c1-3-7-19-8-6-12(10-18-2)15(19)11-4-5-13(16)14(17)9-11/h4-5,9,12,15,18H,3,6-8,10H2,1-2H3. The van der Waals surface area contributed by atoms with Crippen molar-refractivity contribution in [2.75, 3.05) is 26.7 Å². The van der Waals surface area contributed by atoms with Crippen molar-refractivity contribution in [3.8, 4) is 0 Å². The van der Waals surface area contributed by atoms with Crippen molar-refractivity contribution in [1.82, 2.24) is 10.2 Å². The minimum Gasteiger partial charge on any atom is -0.319 e. The van der Waals surface area contributed by atoms with Crippen LogP contribution >= 0.6 is 0 Å². The third kappa shape index (κ3) is 3.12. The number of hydrogen-bond acceptors (Lipinski definition) is 2. The summed E-state index contributed by atoms with van der Waals surface area (Å²) in [6.07, 6.45) is 2.18. The van der Waals surface area contributed by atoms with Gasteiger partial charge in [0.25, 0.3) is 0 Å². The van der Waals surface area contributed by atoms with Crippen LogP contribution in [0.4, 0.5) is 8.78 Å². The number of likely N-dealkylation sites (tertiary alicyclic amines) is 1. The summed E-state index contributed by atoms with van der Waals surface area (Å²) in [6, 6.07) is 4.52. The molecule has 0 radical (unpaired) electrons. The maximum absolute atomic E-state index is 13.4. The summed E-state index contributed by atoms with van der Waals surface area (Å²) >= 11 is 0. The van der Waals surface area contributed by atoms with E-state index in [4.69, 9.17) is 0 Å². The first-order valence-corrected chi connectivity index (χ1v) is 7.01. The highest BCUT2D eigenvalue weighted by Gasteiger charge is 2.34. The van der Waals surface area contributed by atoms with E-state index in [-0.39, 0.29) is 6.04 Å². The van der Waals surface area contributed by atoms with E-state index in [2.05, 4.69) is 17.1 Å². The van der Waals surface area contributed by atoms with Crippen LogP contribution in [0.1, 0.15) is 31.4 Å². The molecule has 106 valence electrons. The Morgan fingerprint density at radius 3 is 2.74 bits per heavy atom. The van der Waals surface area contributed by atoms with Gasteiger partial charge in [-0.05, 0) is 63.1 Å². The van der Waals surface area contributed by atoms with Gasteiger partial charge in [0.1, 0.15) is 0 Å². The quantitative estimate of drug-likeness (QED) is 0.883. The zero-order valence-electron chi connectivity index (χ0n) is 11.6. The van der Waals surface area contributed by atoms with Gasteiger partial charge >= 0.3 is 0 Å². The third-order valence-electron chi connectivity index (χ3n) is 3.89. The van der Waals surface area contributed by atoms with Crippen molar-refractivity contribution >= 4 is 0 Å². The van der Waals surface area contributed by atoms with E-state index in [1.54, 1.807) is 6.07 Å². The van der Waals surface area contributed by atoms with Crippen molar-refractivity contribution in [2.24, 2.45) is 5.92 Å². The topological polar surface area (TPSA) is 15.3 Å². The summed E-state index contributed by atoms with van der Waals surface area (Å²) in [7, 11) is 1.94. The smallest absolute Gasteiger partial charge is 0.159 e. The largest absolute Gasteiger partial charge is 0.319 e. The average molecular weight is 268 g/mol. The molecule has 2 unspecified atom stereocenters. The molecular weight excluding hydrogens is 246 g/mol. The van der Waals surface area contributed by atoms with Gasteiger partial charge in [0.05, 0.1) is 0 Å². The molecule has 0 spiro atoms. The van der Waals surface area contributed by atoms with E-state index < -0.39 is 11.6 Å². The van der Waals surface area contributed by atoms with Crippen molar-refractivity contribution < 1.29 is 8.78 Å². The SMILES string of the molecule is CCCN1CCC(CNC)C1c1ccc(F)c(F)c1. The van der Waals surface area contributed by atoms with Gasteiger partial charge in [-0.2, -0.15) is 0 Å². The van der Waals surface area contributed by atoms with Crippen LogP contribution in [-0.2, 0) is 0 Å². The molecular formula is C15H22F2N2. The molecule has 19 heavy (non-hydrogen) atoms. The molecule has 0 amide bonds. The van der Waals surface area contributed by atoms with Crippen LogP contribution in [0.3, 0.4) is 0 Å². The number of hydrogen-bond donors (Lipinski definition) is 1. The monoisotopic (exact) mass is 268 g/mol. The Kier molecular flexibility index (Phi) is 4.88. The summed E-state index contributed by atoms with van der Waals surface area (Å²) in [4.78, 5) is 2.38. The van der Waals surface area contributed by atoms with E-state index in [0.29, 0.717) is 5.92 Å². The Labute approximate surface area is 113 Å². The lowest BCUT2D eigenvalue weighted by Gasteiger charge is -2.28. The molecule has 1 N–H and O–H groups in total. The molecule has 2 atom stereocenters. The zero-order valence-corrected chi connectivity index (χ0v) is 11.6. The second-order valence-electron chi connectivity index (χ2n) is 5.26. The highest BCUT2D eigenvalue weighted by atomic mass is 19.2. The molecule has 1 fully saturated rings. The van der Waals surface area contributed by atoms with Gasteiger partial charge in [-0.3, -0.25) is 4.90 Å². The van der Waals surface area contributed by atoms with Crippen molar-refractivity contribution in [3.05, 3.63) is 35.4 Å². The number of rotatable bonds is 5. The Bertz CT molecular complexity index is 409. The molecule has 0 saturated carbocycles. The first kappa shape index (κ1) is 14.4. The lowest BCUT2D eigenvalue weighted by atomic mass is 9.93. The lowest BCUT2D eigenvalue weighted by molar-refractivity contribution is 0.226. The van der Waals surface area contributed by atoms with Crippen LogP contribution in [0.2, 0.25) is 0 Å². The maximum Gasteiger partial charge on any atom is 0.159 e. The van der Waals surface area contributed by atoms with Gasteiger partial charge in [-0.25, -0.2) is 8.78 Å². The van der Waals surface area contributed by atoms with Gasteiger partial charge in [-0.15, -0.1) is 0 Å². The summed E-state index contributed by atoms with van der Waals surface area (Å²) in [6.45, 7) is 5.09. The lowest BCUT2D eigenvalue weighted by Crippen LogP contribution is -2.30. The minimum atomic E-state index is -0.769. The van der Waals surface area contributed by atoms with Gasteiger partial charge in [0.15, 0.2) is 11.6 Å². The molecule has 1 saturated heterocycles. The first-order valence-electron chi connectivity index (χ1n) is 7.01. The molecule has 4 heteroatoms. The van der Waals surface area contributed by atoms with Crippen molar-refractivity contribution in [3.63, 3.8) is 0 Å². The number of halogens is 2. The molecule has 1 heterocycles. The van der Waals surface area contributed by atoms with Gasteiger partial charge in [0.2, 0.25) is 0 Å². The minimum absolute atomic E-state index is 0.197. The molecule has 2 nitrogen and oxygen atoms in total. The fourth-order valence-corrected chi connectivity index (χ4v) is 3.12. The molecule has 1 aliphatic rings. The van der Waals surface area contributed by atoms with Gasteiger partial charge < -0.3 is 5.32 Å². The summed E-state index contributed by atoms with van der Waals surface area (Å²) in [5.41, 5.74) is 0.894. The first-order chi connectivity index (χ1) is 9.17. The average Bonchev–Trinajstić information content (AvgIpc) is 2.77. The molecule has 0 bridgehead atoms. The van der Waals surface area contributed by atoms with E-state index in [1.807, 2.05) is 7.05 Å². The van der Waals surface area contributed by atoms with Crippen LogP contribution in [0.5, 0.6) is 0 Å². The van der Waals surface area contributed by atoms with E-state index in [1.165, 1.54) is 12.1 Å². The van der Waals surface area contributed by atoms with E-state index in [9.17, 15) is 8.78 Å². The molecule has 1 aromatic carbocycles. The fourth-order valence-electron chi connectivity index (χ4n) is 3.12. The number of nitrogens with zero attached hydrogens (tertiary/aromatic N) is 1. The van der Waals surface area contributed by atoms with Crippen LogP contribution < -0.4 is 5.32 Å². The molecule has 0 aliphatic carbocycles. The normalized spacial score (nSPS) is 24.0. The second-order valence-corrected chi connectivity index (χ2v) is 5.26. The molecule has 1 aromatic rings. The molecule has 2 rings (SSSR count). The van der Waals surface area contributed by atoms with Crippen LogP contribution in [0.25, 0.3) is 0 Å². The van der Waals surface area contributed by atoms with Crippen LogP contribution in [0, 0.1) is 17.6 Å². The molecule has 0 aromatic heterocycles. The van der Waals surface area contributed by atoms with Crippen LogP contribution in [-0.4, -0.2) is 31.6 Å². The Morgan fingerprint density at radius 1 is 1.32 bits per heavy atom. The zero-order chi connectivity index (χ0) is 13.8. The van der Waals surface area contributed by atoms with Gasteiger partial charge in [0, 0.05) is 6.04 Å². The van der Waals surface area contributed by atoms with Crippen molar-refractivity contribution in [1.29, 1.82) is 0 Å². The van der Waals surface area contributed by atoms with E-state index in [0.717, 1.165) is 38.0 Å². The molecule has 1 aliphatic heterocycles. The van der Waals surface area contributed by atoms with E-state index >= 15 is 0 Å². The Balaban J connectivity index is 2.26. The second kappa shape index (κ2) is 6.44. The summed E-state index contributed by atoms with van der Waals surface area (Å²) in [5.74, 6) is -1.06. The summed E-state index contributed by atoms with van der Waals surface area (Å²) < 4.78 is 26.5. The summed E-state index contributed by atoms with van der Waals surface area (Å²) in [5, 5.41) is 3.20. The maximum atomic E-state index is 13.4. The Morgan fingerprint density at radius 2 is 2.11 bits per heavy atom. The highest BCUT2D eigenvalue weighted by Crippen LogP contribution is 2.37. The third-order valence-corrected chi connectivity index (χ3v) is 3.89. The van der Waals surface area contributed by atoms with Crippen LogP contribution in [0.15, 0.2) is 18.2 Å². The highest BCUT2D eigenvalue weighted by molar-refractivity contribution is 5.23.